The van der Waals surface area contributed by atoms with Crippen LogP contribution in [0.4, 0.5) is 0 Å². The van der Waals surface area contributed by atoms with Gasteiger partial charge in [-0.1, -0.05) is 36.4 Å². The van der Waals surface area contributed by atoms with E-state index in [4.69, 9.17) is 0 Å². The third-order valence-electron chi connectivity index (χ3n) is 2.73. The van der Waals surface area contributed by atoms with Gasteiger partial charge >= 0.3 is 0 Å². The number of hydrogen-bond donors (Lipinski definition) is 0. The van der Waals surface area contributed by atoms with E-state index in [2.05, 4.69) is 36.4 Å². The Kier molecular flexibility index (Phi) is 5.87. The third kappa shape index (κ3) is 5.36. The second-order valence-corrected chi connectivity index (χ2v) is 4.31. The predicted octanol–water partition coefficient (Wildman–Crippen LogP) is 5.38. The molecule has 0 aromatic heterocycles. The van der Waals surface area contributed by atoms with E-state index >= 15 is 0 Å². The van der Waals surface area contributed by atoms with Crippen LogP contribution in [0.15, 0.2) is 85.0 Å². The van der Waals surface area contributed by atoms with E-state index in [0.29, 0.717) is 0 Å². The van der Waals surface area contributed by atoms with Crippen molar-refractivity contribution in [2.24, 2.45) is 0 Å². The Bertz CT molecular complexity index is 506. The van der Waals surface area contributed by atoms with Crippen molar-refractivity contribution in [3.05, 3.63) is 109 Å². The van der Waals surface area contributed by atoms with Gasteiger partial charge in [0.2, 0.25) is 0 Å². The lowest BCUT2D eigenvalue weighted by Gasteiger charge is -1.84. The fraction of sp³-hybridized carbons (Fsp3) is 0. The highest BCUT2D eigenvalue weighted by atomic mass is 13.9. The molecule has 0 saturated carbocycles. The molecule has 0 unspecified atom stereocenters. The third-order valence-corrected chi connectivity index (χ3v) is 2.73. The minimum Gasteiger partial charge on any atom is -0.0621 e. The molecule has 2 aromatic carbocycles. The summed E-state index contributed by atoms with van der Waals surface area (Å²) in [6, 6.07) is 20.5. The van der Waals surface area contributed by atoms with E-state index in [1.807, 2.05) is 73.5 Å². The van der Waals surface area contributed by atoms with E-state index in [0.717, 1.165) is 0 Å². The first-order valence-corrected chi connectivity index (χ1v) is 6.73. The summed E-state index contributed by atoms with van der Waals surface area (Å²) in [4.78, 5) is 0. The topological polar surface area (TPSA) is 0 Å². The summed E-state index contributed by atoms with van der Waals surface area (Å²) in [6.45, 7) is 0. The molecule has 2 aromatic rings. The van der Waals surface area contributed by atoms with Crippen LogP contribution in [0, 0.1) is 12.8 Å². The highest BCUT2D eigenvalue weighted by Crippen LogP contribution is 2.03. The highest BCUT2D eigenvalue weighted by molar-refractivity contribution is 5.52. The van der Waals surface area contributed by atoms with Crippen LogP contribution in [0.1, 0.15) is 11.1 Å². The maximum Gasteiger partial charge on any atom is 0.133 e. The first-order chi connectivity index (χ1) is 9.95. The Hall–Kier alpha value is -2.60. The molecular weight excluding hydrogens is 240 g/mol. The molecule has 0 radical (unpaired) electrons. The van der Waals surface area contributed by atoms with Crippen molar-refractivity contribution in [2.45, 2.75) is 0 Å². The minimum absolute atomic E-state index is 1.21. The van der Waals surface area contributed by atoms with Crippen LogP contribution in [0.25, 0.3) is 12.2 Å². The normalized spacial score (nSPS) is 11.4. The van der Waals surface area contributed by atoms with Crippen molar-refractivity contribution in [3.8, 4) is 0 Å². The van der Waals surface area contributed by atoms with E-state index in [1.165, 1.54) is 11.1 Å². The molecule has 0 N–H and O–H groups in total. The van der Waals surface area contributed by atoms with Gasteiger partial charge < -0.3 is 0 Å². The maximum absolute atomic E-state index is 2.09. The molecule has 0 heteroatoms. The second-order valence-electron chi connectivity index (χ2n) is 4.31. The van der Waals surface area contributed by atoms with Gasteiger partial charge in [-0.15, -0.1) is 0 Å². The van der Waals surface area contributed by atoms with Crippen LogP contribution >= 0.6 is 0 Å². The molecule has 20 heavy (non-hydrogen) atoms. The highest BCUT2D eigenvalue weighted by Gasteiger charge is 1.91. The van der Waals surface area contributed by atoms with Gasteiger partial charge in [-0.2, -0.15) is 0 Å². The lowest BCUT2D eigenvalue weighted by Crippen LogP contribution is -1.69. The van der Waals surface area contributed by atoms with Gasteiger partial charge in [-0.3, -0.25) is 0 Å². The largest absolute Gasteiger partial charge is 0.133 e. The molecule has 0 heterocycles. The van der Waals surface area contributed by atoms with E-state index in [1.54, 1.807) is 0 Å². The molecule has 0 aliphatic carbocycles. The first-order valence-electron chi connectivity index (χ1n) is 6.73. The lowest BCUT2D eigenvalue weighted by atomic mass is 10.2. The van der Waals surface area contributed by atoms with Crippen molar-refractivity contribution in [1.29, 1.82) is 0 Å². The fourth-order valence-electron chi connectivity index (χ4n) is 1.72. The van der Waals surface area contributed by atoms with E-state index in [9.17, 15) is 0 Å². The predicted molar refractivity (Wildman–Crippen MR) is 88.7 cm³/mol. The van der Waals surface area contributed by atoms with E-state index in [-0.39, 0.29) is 0 Å². The fourth-order valence-corrected chi connectivity index (χ4v) is 1.72. The standard InChI is InChI=1S/C20H18/c1(3-7-13-19-15-9-5-10-16-19)2-4-8-14-20-17-11-6-12-18-20/h1-18H/q+2/b2-1+,13-7+,14-8+. The molecule has 2 rings (SSSR count). The van der Waals surface area contributed by atoms with Crippen LogP contribution in [0.3, 0.4) is 0 Å². The summed E-state index contributed by atoms with van der Waals surface area (Å²) in [5.74, 6) is 0. The summed E-state index contributed by atoms with van der Waals surface area (Å²) < 4.78 is 0. The van der Waals surface area contributed by atoms with Crippen molar-refractivity contribution in [2.75, 3.05) is 0 Å². The van der Waals surface area contributed by atoms with Gasteiger partial charge in [0, 0.05) is 23.3 Å². The average molecular weight is 258 g/mol. The Morgan fingerprint density at radius 1 is 0.500 bits per heavy atom. The summed E-state index contributed by atoms with van der Waals surface area (Å²) in [7, 11) is 0. The van der Waals surface area contributed by atoms with Crippen LogP contribution < -0.4 is 0 Å². The summed E-state index contributed by atoms with van der Waals surface area (Å²) in [5.41, 5.74) is 2.43. The number of benzene rings is 2. The molecule has 0 spiro atoms. The number of rotatable bonds is 6. The average Bonchev–Trinajstić information content (AvgIpc) is 2.52. The van der Waals surface area contributed by atoms with Crippen LogP contribution in [-0.4, -0.2) is 0 Å². The lowest BCUT2D eigenvalue weighted by molar-refractivity contribution is 1.63. The second kappa shape index (κ2) is 8.49. The van der Waals surface area contributed by atoms with Crippen LogP contribution in [-0.2, 0) is 0 Å². The Morgan fingerprint density at radius 3 is 1.30 bits per heavy atom. The SMILES string of the molecule is C(=C\[CH+]/C=C/c1ccccc1)/[CH+]/C=C/c1ccccc1. The van der Waals surface area contributed by atoms with Gasteiger partial charge in [0.05, 0.1) is 25.0 Å². The summed E-state index contributed by atoms with van der Waals surface area (Å²) >= 11 is 0. The minimum atomic E-state index is 1.21. The zero-order chi connectivity index (χ0) is 13.9. The Labute approximate surface area is 121 Å². The molecule has 0 aliphatic heterocycles. The van der Waals surface area contributed by atoms with Crippen LogP contribution in [0.2, 0.25) is 0 Å². The molecule has 0 nitrogen and oxygen atoms in total. The Morgan fingerprint density at radius 2 is 0.900 bits per heavy atom. The molecule has 0 atom stereocenters. The molecule has 0 fully saturated rings. The van der Waals surface area contributed by atoms with Gasteiger partial charge in [0.1, 0.15) is 12.2 Å². The summed E-state index contributed by atoms with van der Waals surface area (Å²) in [6.07, 6.45) is 16.4. The summed E-state index contributed by atoms with van der Waals surface area (Å²) in [5, 5.41) is 0. The molecular formula is C20H18+2. The quantitative estimate of drug-likeness (QED) is 0.610. The van der Waals surface area contributed by atoms with Crippen molar-refractivity contribution < 1.29 is 0 Å². The maximum atomic E-state index is 2.09. The van der Waals surface area contributed by atoms with Gasteiger partial charge in [0.25, 0.3) is 0 Å². The smallest absolute Gasteiger partial charge is 0.0621 e. The van der Waals surface area contributed by atoms with Gasteiger partial charge in [0.15, 0.2) is 0 Å². The molecule has 0 amide bonds. The zero-order valence-corrected chi connectivity index (χ0v) is 11.4. The number of hydrogen-bond acceptors (Lipinski definition) is 0. The van der Waals surface area contributed by atoms with Crippen LogP contribution in [0.5, 0.6) is 0 Å². The molecule has 0 bridgehead atoms. The van der Waals surface area contributed by atoms with Crippen molar-refractivity contribution in [1.82, 2.24) is 0 Å². The number of allylic oxidation sites excluding steroid dienone is 4. The van der Waals surface area contributed by atoms with Gasteiger partial charge in [-0.05, 0) is 24.3 Å². The van der Waals surface area contributed by atoms with E-state index < -0.39 is 0 Å². The van der Waals surface area contributed by atoms with Gasteiger partial charge in [-0.25, -0.2) is 0 Å². The first kappa shape index (κ1) is 13.8. The zero-order valence-electron chi connectivity index (χ0n) is 11.4. The van der Waals surface area contributed by atoms with Crippen molar-refractivity contribution in [3.63, 3.8) is 0 Å². The van der Waals surface area contributed by atoms with Crippen molar-refractivity contribution >= 4 is 12.2 Å². The Balaban J connectivity index is 1.67. The molecule has 0 saturated heterocycles. The molecule has 96 valence electrons. The monoisotopic (exact) mass is 258 g/mol. The molecule has 0 aliphatic rings.